The smallest absolute Gasteiger partial charge is 0.341 e. The van der Waals surface area contributed by atoms with E-state index in [-0.39, 0.29) is 5.97 Å². The van der Waals surface area contributed by atoms with E-state index in [4.69, 9.17) is 4.74 Å². The van der Waals surface area contributed by atoms with E-state index in [9.17, 15) is 4.79 Å². The molecule has 1 aromatic heterocycles. The predicted molar refractivity (Wildman–Crippen MR) is 99.2 cm³/mol. The van der Waals surface area contributed by atoms with Crippen molar-refractivity contribution in [1.82, 2.24) is 0 Å². The minimum Gasteiger partial charge on any atom is -0.462 e. The number of carbonyl (C=O) groups excluding carboxylic acids is 1. The summed E-state index contributed by atoms with van der Waals surface area (Å²) in [6, 6.07) is 7.92. The summed E-state index contributed by atoms with van der Waals surface area (Å²) in [5.74, 6) is -0.273. The molecule has 4 heteroatoms. The summed E-state index contributed by atoms with van der Waals surface area (Å²) in [6.45, 7) is 8.41. The molecule has 0 amide bonds. The molecular weight excluding hydrogens is 306 g/mol. The third kappa shape index (κ3) is 4.23. The quantitative estimate of drug-likeness (QED) is 0.541. The highest BCUT2D eigenvalue weighted by Gasteiger charge is 2.20. The Morgan fingerprint density at radius 2 is 1.96 bits per heavy atom. The van der Waals surface area contributed by atoms with Gasteiger partial charge in [0.05, 0.1) is 6.61 Å². The van der Waals surface area contributed by atoms with Crippen LogP contribution in [0.3, 0.4) is 0 Å². The number of carbonyl (C=O) groups is 1. The molecular formula is C19H23NO2S. The fourth-order valence-electron chi connectivity index (χ4n) is 2.20. The number of rotatable bonds is 6. The van der Waals surface area contributed by atoms with Crippen LogP contribution in [-0.2, 0) is 4.74 Å². The molecule has 0 atom stereocenters. The Balaban J connectivity index is 2.46. The van der Waals surface area contributed by atoms with Crippen LogP contribution in [0.5, 0.6) is 0 Å². The highest BCUT2D eigenvalue weighted by atomic mass is 32.1. The van der Waals surface area contributed by atoms with Crippen molar-refractivity contribution in [2.75, 3.05) is 11.9 Å². The topological polar surface area (TPSA) is 38.3 Å². The number of thiophene rings is 1. The van der Waals surface area contributed by atoms with E-state index in [1.165, 1.54) is 5.57 Å². The summed E-state index contributed by atoms with van der Waals surface area (Å²) in [7, 11) is 0. The standard InChI is InChI=1S/C19H23NO2S/c1-5-14(12-11-13(3)4)20-18-17(19(21)22-6-2)15-9-7-8-10-16(15)23-18/h7-12,20H,5-6H2,1-4H3/b14-12+. The van der Waals surface area contributed by atoms with Crippen LogP contribution < -0.4 is 5.32 Å². The van der Waals surface area contributed by atoms with E-state index in [0.29, 0.717) is 12.2 Å². The van der Waals surface area contributed by atoms with Gasteiger partial charge < -0.3 is 10.1 Å². The van der Waals surface area contributed by atoms with Crippen molar-refractivity contribution in [3.05, 3.63) is 53.3 Å². The van der Waals surface area contributed by atoms with Crippen LogP contribution >= 0.6 is 11.3 Å². The number of ether oxygens (including phenoxy) is 1. The normalized spacial score (nSPS) is 11.4. The van der Waals surface area contributed by atoms with Crippen molar-refractivity contribution >= 4 is 32.4 Å². The lowest BCUT2D eigenvalue weighted by molar-refractivity contribution is 0.0530. The molecule has 0 aliphatic carbocycles. The van der Waals surface area contributed by atoms with Gasteiger partial charge in [0.15, 0.2) is 0 Å². The third-order valence-electron chi connectivity index (χ3n) is 3.35. The third-order valence-corrected chi connectivity index (χ3v) is 4.43. The van der Waals surface area contributed by atoms with Crippen LogP contribution in [0.1, 0.15) is 44.5 Å². The Morgan fingerprint density at radius 1 is 1.22 bits per heavy atom. The van der Waals surface area contributed by atoms with Gasteiger partial charge in [-0.2, -0.15) is 0 Å². The average Bonchev–Trinajstić information content (AvgIpc) is 2.89. The van der Waals surface area contributed by atoms with Gasteiger partial charge in [-0.15, -0.1) is 11.3 Å². The van der Waals surface area contributed by atoms with E-state index < -0.39 is 0 Å². The van der Waals surface area contributed by atoms with Crippen molar-refractivity contribution in [2.45, 2.75) is 34.1 Å². The maximum atomic E-state index is 12.4. The lowest BCUT2D eigenvalue weighted by atomic mass is 10.1. The van der Waals surface area contributed by atoms with Gasteiger partial charge in [-0.05, 0) is 39.3 Å². The highest BCUT2D eigenvalue weighted by Crippen LogP contribution is 2.37. The number of nitrogens with one attached hydrogen (secondary N) is 1. The van der Waals surface area contributed by atoms with E-state index in [1.807, 2.05) is 31.2 Å². The molecule has 0 aliphatic heterocycles. The van der Waals surface area contributed by atoms with E-state index in [1.54, 1.807) is 11.3 Å². The first kappa shape index (κ1) is 17.3. The number of benzene rings is 1. The van der Waals surface area contributed by atoms with Crippen LogP contribution in [-0.4, -0.2) is 12.6 Å². The van der Waals surface area contributed by atoms with E-state index in [0.717, 1.165) is 27.2 Å². The molecule has 122 valence electrons. The molecule has 0 bridgehead atoms. The fraction of sp³-hybridized carbons (Fsp3) is 0.316. The van der Waals surface area contributed by atoms with Crippen LogP contribution in [0.25, 0.3) is 10.1 Å². The van der Waals surface area contributed by atoms with Crippen molar-refractivity contribution in [3.63, 3.8) is 0 Å². The summed E-state index contributed by atoms with van der Waals surface area (Å²) < 4.78 is 6.32. The Labute approximate surface area is 141 Å². The van der Waals surface area contributed by atoms with Crippen LogP contribution in [0, 0.1) is 0 Å². The number of esters is 1. The van der Waals surface area contributed by atoms with Gasteiger partial charge in [0.1, 0.15) is 10.6 Å². The van der Waals surface area contributed by atoms with Crippen molar-refractivity contribution in [2.24, 2.45) is 0 Å². The minimum absolute atomic E-state index is 0.273. The fourth-order valence-corrected chi connectivity index (χ4v) is 3.32. The SMILES string of the molecule is CCOC(=O)c1c(N/C(=C/C=C(C)C)CC)sc2ccccc12. The summed E-state index contributed by atoms with van der Waals surface area (Å²) in [6.07, 6.45) is 5.00. The van der Waals surface area contributed by atoms with Gasteiger partial charge in [0.2, 0.25) is 0 Å². The molecule has 0 saturated heterocycles. The number of anilines is 1. The summed E-state index contributed by atoms with van der Waals surface area (Å²) >= 11 is 1.58. The van der Waals surface area contributed by atoms with Gasteiger partial charge in [-0.3, -0.25) is 0 Å². The average molecular weight is 329 g/mol. The number of hydrogen-bond donors (Lipinski definition) is 1. The lowest BCUT2D eigenvalue weighted by Gasteiger charge is -2.09. The van der Waals surface area contributed by atoms with Gasteiger partial charge in [-0.25, -0.2) is 4.79 Å². The predicted octanol–water partition coefficient (Wildman–Crippen LogP) is 5.75. The molecule has 2 aromatic rings. The molecule has 0 unspecified atom stereocenters. The van der Waals surface area contributed by atoms with Crippen LogP contribution in [0.2, 0.25) is 0 Å². The molecule has 0 spiro atoms. The Kier molecular flexibility index (Phi) is 5.99. The van der Waals surface area contributed by atoms with Gasteiger partial charge >= 0.3 is 5.97 Å². The second-order valence-electron chi connectivity index (χ2n) is 5.44. The number of hydrogen-bond acceptors (Lipinski definition) is 4. The van der Waals surface area contributed by atoms with Crippen molar-refractivity contribution in [3.8, 4) is 0 Å². The van der Waals surface area contributed by atoms with Crippen LogP contribution in [0.15, 0.2) is 47.7 Å². The first-order valence-corrected chi connectivity index (χ1v) is 8.68. The van der Waals surface area contributed by atoms with Gasteiger partial charge in [0, 0.05) is 15.8 Å². The zero-order valence-electron chi connectivity index (χ0n) is 14.1. The Bertz CT molecular complexity index is 752. The van der Waals surface area contributed by atoms with Crippen molar-refractivity contribution in [1.29, 1.82) is 0 Å². The zero-order chi connectivity index (χ0) is 16.8. The number of fused-ring (bicyclic) bond motifs is 1. The van der Waals surface area contributed by atoms with Crippen LogP contribution in [0.4, 0.5) is 5.00 Å². The van der Waals surface area contributed by atoms with Gasteiger partial charge in [-0.1, -0.05) is 36.8 Å². The Hall–Kier alpha value is -2.07. The minimum atomic E-state index is -0.273. The molecule has 0 saturated carbocycles. The van der Waals surface area contributed by atoms with E-state index >= 15 is 0 Å². The highest BCUT2D eigenvalue weighted by molar-refractivity contribution is 7.23. The molecule has 1 aromatic carbocycles. The molecule has 0 radical (unpaired) electrons. The maximum Gasteiger partial charge on any atom is 0.341 e. The monoisotopic (exact) mass is 329 g/mol. The molecule has 0 fully saturated rings. The Morgan fingerprint density at radius 3 is 2.61 bits per heavy atom. The van der Waals surface area contributed by atoms with Gasteiger partial charge in [0.25, 0.3) is 0 Å². The second kappa shape index (κ2) is 7.97. The first-order chi connectivity index (χ1) is 11.1. The first-order valence-electron chi connectivity index (χ1n) is 7.86. The number of allylic oxidation sites excluding steroid dienone is 4. The molecule has 23 heavy (non-hydrogen) atoms. The molecule has 0 aliphatic rings. The summed E-state index contributed by atoms with van der Waals surface area (Å²) in [4.78, 5) is 12.4. The molecule has 2 rings (SSSR count). The second-order valence-corrected chi connectivity index (χ2v) is 6.49. The lowest BCUT2D eigenvalue weighted by Crippen LogP contribution is -2.07. The largest absolute Gasteiger partial charge is 0.462 e. The van der Waals surface area contributed by atoms with E-state index in [2.05, 4.69) is 38.2 Å². The molecule has 3 nitrogen and oxygen atoms in total. The molecule has 1 N–H and O–H groups in total. The summed E-state index contributed by atoms with van der Waals surface area (Å²) in [5, 5.41) is 5.20. The maximum absolute atomic E-state index is 12.4. The molecule has 1 heterocycles. The summed E-state index contributed by atoms with van der Waals surface area (Å²) in [5.41, 5.74) is 2.94. The zero-order valence-corrected chi connectivity index (χ0v) is 14.9. The van der Waals surface area contributed by atoms with Crippen molar-refractivity contribution < 1.29 is 9.53 Å².